The van der Waals surface area contributed by atoms with Crippen molar-refractivity contribution in [3.05, 3.63) is 0 Å². The minimum atomic E-state index is -1.34. The Kier molecular flexibility index (Phi) is 38.1. The highest BCUT2D eigenvalue weighted by Gasteiger charge is 2.01. The van der Waals surface area contributed by atoms with Crippen LogP contribution in [0.1, 0.15) is 212 Å². The minimum absolute atomic E-state index is 0.844. The highest BCUT2D eigenvalue weighted by Crippen LogP contribution is 2.17. The lowest BCUT2D eigenvalue weighted by Crippen LogP contribution is -1.91. The van der Waals surface area contributed by atoms with Gasteiger partial charge in [-0.2, -0.15) is 22.2 Å². The molecule has 0 aromatic rings. The van der Waals surface area contributed by atoms with E-state index in [-0.39, 0.29) is 0 Å². The maximum Gasteiger partial charge on any atom is 0.237 e. The minimum Gasteiger partial charge on any atom is -0.150 e. The highest BCUT2D eigenvalue weighted by atomic mass is 35.7. The molecule has 236 valence electrons. The molecule has 0 nitrogen and oxygen atoms in total. The number of unbranched alkanes of at least 4 members (excludes halogenated alkanes) is 32. The zero-order valence-electron chi connectivity index (χ0n) is 26.5. The van der Waals surface area contributed by atoms with Crippen LogP contribution in [0.2, 0.25) is 6.04 Å². The Morgan fingerprint density at radius 2 is 0.385 bits per heavy atom. The SMILES string of the molecule is ClCCCCCCCCCCCCCCCCCCCCCCCCCCCCCCCCCCC[SiH](Cl)Cl. The van der Waals surface area contributed by atoms with Crippen LogP contribution in [0, 0.1) is 0 Å². The van der Waals surface area contributed by atoms with Gasteiger partial charge in [-0.05, 0) is 12.5 Å². The quantitative estimate of drug-likeness (QED) is 0.0284. The summed E-state index contributed by atoms with van der Waals surface area (Å²) in [6.45, 7) is 0. The van der Waals surface area contributed by atoms with Gasteiger partial charge in [-0.15, -0.1) is 11.6 Å². The third-order valence-corrected chi connectivity index (χ3v) is 11.0. The summed E-state index contributed by atoms with van der Waals surface area (Å²) in [5, 5.41) is 0. The molecule has 0 bridgehead atoms. The van der Waals surface area contributed by atoms with Gasteiger partial charge in [-0.1, -0.05) is 205 Å². The van der Waals surface area contributed by atoms with E-state index in [1.807, 2.05) is 0 Å². The van der Waals surface area contributed by atoms with Gasteiger partial charge in [0.2, 0.25) is 7.42 Å². The molecule has 0 aromatic carbocycles. The number of halogens is 3. The summed E-state index contributed by atoms with van der Waals surface area (Å²) in [4.78, 5) is 0. The van der Waals surface area contributed by atoms with Crippen molar-refractivity contribution in [2.24, 2.45) is 0 Å². The van der Waals surface area contributed by atoms with Crippen LogP contribution in [0.5, 0.6) is 0 Å². The molecule has 0 aliphatic heterocycles. The third kappa shape index (κ3) is 39.1. The fourth-order valence-electron chi connectivity index (χ4n) is 5.87. The van der Waals surface area contributed by atoms with Gasteiger partial charge in [0.25, 0.3) is 0 Å². The summed E-state index contributed by atoms with van der Waals surface area (Å²) in [5.74, 6) is 0.844. The summed E-state index contributed by atoms with van der Waals surface area (Å²) < 4.78 is 0. The standard InChI is InChI=1S/C35H71Cl3Si/c36-34-32-30-28-26-24-22-20-18-16-14-12-10-8-6-4-2-1-3-5-7-9-11-13-15-17-19-21-23-25-27-29-31-33-35-39(37)38/h39H,1-35H2. The summed E-state index contributed by atoms with van der Waals surface area (Å²) in [6, 6.07) is 1.10. The normalized spacial score (nSPS) is 11.7. The van der Waals surface area contributed by atoms with E-state index >= 15 is 0 Å². The number of hydrogen-bond acceptors (Lipinski definition) is 0. The molecule has 0 amide bonds. The first-order valence-electron chi connectivity index (χ1n) is 18.1. The van der Waals surface area contributed by atoms with Gasteiger partial charge in [0.15, 0.2) is 0 Å². The molecule has 0 spiro atoms. The molecule has 0 saturated heterocycles. The van der Waals surface area contributed by atoms with Crippen molar-refractivity contribution < 1.29 is 0 Å². The van der Waals surface area contributed by atoms with Crippen molar-refractivity contribution in [1.29, 1.82) is 0 Å². The molecule has 0 fully saturated rings. The van der Waals surface area contributed by atoms with Crippen LogP contribution in [0.15, 0.2) is 0 Å². The molecule has 0 saturated carbocycles. The molecule has 0 aliphatic carbocycles. The topological polar surface area (TPSA) is 0 Å². The van der Waals surface area contributed by atoms with Crippen molar-refractivity contribution in [3.63, 3.8) is 0 Å². The molecule has 4 heteroatoms. The Bertz CT molecular complexity index is 419. The molecule has 0 N–H and O–H groups in total. The molecule has 39 heavy (non-hydrogen) atoms. The van der Waals surface area contributed by atoms with Gasteiger partial charge in [0.1, 0.15) is 0 Å². The first-order valence-corrected chi connectivity index (χ1v) is 23.0. The van der Waals surface area contributed by atoms with E-state index in [0.717, 1.165) is 11.9 Å². The van der Waals surface area contributed by atoms with Crippen molar-refractivity contribution in [1.82, 2.24) is 0 Å². The van der Waals surface area contributed by atoms with E-state index < -0.39 is 7.42 Å². The molecule has 0 heterocycles. The lowest BCUT2D eigenvalue weighted by Gasteiger charge is -2.05. The molecule has 0 atom stereocenters. The van der Waals surface area contributed by atoms with Crippen molar-refractivity contribution in [3.8, 4) is 0 Å². The van der Waals surface area contributed by atoms with Gasteiger partial charge < -0.3 is 0 Å². The zero-order chi connectivity index (χ0) is 28.3. The monoisotopic (exact) mass is 624 g/mol. The van der Waals surface area contributed by atoms with Crippen LogP contribution in [0.3, 0.4) is 0 Å². The maximum absolute atomic E-state index is 5.91. The number of alkyl halides is 1. The van der Waals surface area contributed by atoms with Gasteiger partial charge in [-0.25, -0.2) is 0 Å². The molecule has 0 rings (SSSR count). The van der Waals surface area contributed by atoms with E-state index in [9.17, 15) is 0 Å². The fraction of sp³-hybridized carbons (Fsp3) is 1.00. The predicted molar refractivity (Wildman–Crippen MR) is 187 cm³/mol. The van der Waals surface area contributed by atoms with Crippen molar-refractivity contribution in [2.75, 3.05) is 5.88 Å². The van der Waals surface area contributed by atoms with Gasteiger partial charge in [0.05, 0.1) is 0 Å². The smallest absolute Gasteiger partial charge is 0.150 e. The lowest BCUT2D eigenvalue weighted by molar-refractivity contribution is 0.512. The Morgan fingerprint density at radius 1 is 0.231 bits per heavy atom. The fourth-order valence-corrected chi connectivity index (χ4v) is 7.59. The largest absolute Gasteiger partial charge is 0.237 e. The second-order valence-corrected chi connectivity index (χ2v) is 18.1. The number of hydrogen-bond donors (Lipinski definition) is 0. The van der Waals surface area contributed by atoms with Crippen molar-refractivity contribution >= 4 is 41.2 Å². The Morgan fingerprint density at radius 3 is 0.538 bits per heavy atom. The van der Waals surface area contributed by atoms with E-state index in [0.29, 0.717) is 0 Å². The Hall–Kier alpha value is 1.09. The van der Waals surface area contributed by atoms with E-state index in [4.69, 9.17) is 33.8 Å². The van der Waals surface area contributed by atoms with Crippen LogP contribution in [-0.2, 0) is 0 Å². The van der Waals surface area contributed by atoms with Gasteiger partial charge >= 0.3 is 0 Å². The average Bonchev–Trinajstić information content (AvgIpc) is 2.93. The summed E-state index contributed by atoms with van der Waals surface area (Å²) in [7, 11) is -1.34. The molecular weight excluding hydrogens is 555 g/mol. The molecule has 0 aromatic heterocycles. The molecule has 0 radical (unpaired) electrons. The Labute approximate surface area is 263 Å². The number of rotatable bonds is 35. The predicted octanol–water partition coefficient (Wildman–Crippen LogP) is 14.8. The first kappa shape index (κ1) is 40.1. The van der Waals surface area contributed by atoms with Gasteiger partial charge in [0, 0.05) is 5.88 Å². The average molecular weight is 626 g/mol. The van der Waals surface area contributed by atoms with E-state index in [1.54, 1.807) is 0 Å². The third-order valence-electron chi connectivity index (χ3n) is 8.56. The second kappa shape index (κ2) is 37.1. The van der Waals surface area contributed by atoms with Crippen LogP contribution in [0.4, 0.5) is 0 Å². The summed E-state index contributed by atoms with van der Waals surface area (Å²) >= 11 is 17.5. The molecule has 0 unspecified atom stereocenters. The lowest BCUT2D eigenvalue weighted by atomic mass is 10.0. The van der Waals surface area contributed by atoms with Gasteiger partial charge in [-0.3, -0.25) is 0 Å². The van der Waals surface area contributed by atoms with Crippen LogP contribution in [-0.4, -0.2) is 13.3 Å². The first-order chi connectivity index (χ1) is 19.3. The summed E-state index contributed by atoms with van der Waals surface area (Å²) in [6.07, 6.45) is 47.5. The maximum atomic E-state index is 5.91. The van der Waals surface area contributed by atoms with E-state index in [1.165, 1.54) is 212 Å². The molecule has 0 aliphatic rings. The Balaban J connectivity index is 3.02. The second-order valence-electron chi connectivity index (χ2n) is 12.5. The molecular formula is C35H71Cl3Si. The van der Waals surface area contributed by atoms with Crippen molar-refractivity contribution in [2.45, 2.75) is 218 Å². The van der Waals surface area contributed by atoms with Crippen LogP contribution >= 0.6 is 33.8 Å². The van der Waals surface area contributed by atoms with Crippen LogP contribution in [0.25, 0.3) is 0 Å². The van der Waals surface area contributed by atoms with Crippen LogP contribution < -0.4 is 0 Å². The van der Waals surface area contributed by atoms with E-state index in [2.05, 4.69) is 0 Å². The highest BCUT2D eigenvalue weighted by molar-refractivity contribution is 7.33. The zero-order valence-corrected chi connectivity index (χ0v) is 29.9. The summed E-state index contributed by atoms with van der Waals surface area (Å²) in [5.41, 5.74) is 0.